The van der Waals surface area contributed by atoms with Crippen LogP contribution in [0.25, 0.3) is 11.5 Å². The van der Waals surface area contributed by atoms with Crippen molar-refractivity contribution in [2.75, 3.05) is 11.9 Å². The van der Waals surface area contributed by atoms with E-state index in [0.717, 1.165) is 5.56 Å². The van der Waals surface area contributed by atoms with E-state index in [0.29, 0.717) is 17.1 Å². The number of amides is 1. The third kappa shape index (κ3) is 4.65. The zero-order valence-corrected chi connectivity index (χ0v) is 14.9. The predicted octanol–water partition coefficient (Wildman–Crippen LogP) is 3.51. The van der Waals surface area contributed by atoms with Crippen LogP contribution in [0.2, 0.25) is 0 Å². The maximum absolute atomic E-state index is 11.8. The molecule has 0 fully saturated rings. The summed E-state index contributed by atoms with van der Waals surface area (Å²) in [7, 11) is 0. The van der Waals surface area contributed by atoms with Gasteiger partial charge < -0.3 is 14.5 Å². The van der Waals surface area contributed by atoms with Crippen LogP contribution in [0, 0.1) is 13.8 Å². The van der Waals surface area contributed by atoms with Gasteiger partial charge in [-0.05, 0) is 32.4 Å². The first-order valence-corrected chi connectivity index (χ1v) is 7.81. The Hall–Kier alpha value is -2.70. The molecule has 0 aromatic carbocycles. The third-order valence-electron chi connectivity index (χ3n) is 2.90. The molecule has 0 saturated heterocycles. The van der Waals surface area contributed by atoms with Gasteiger partial charge in [0.05, 0.1) is 12.3 Å². The molecule has 7 nitrogen and oxygen atoms in total. The molecule has 0 atom stereocenters. The van der Waals surface area contributed by atoms with Crippen LogP contribution >= 0.6 is 0 Å². The molecule has 2 aromatic heterocycles. The first-order valence-electron chi connectivity index (χ1n) is 7.81. The molecule has 0 radical (unpaired) electrons. The van der Waals surface area contributed by atoms with Crippen LogP contribution in [-0.4, -0.2) is 28.5 Å². The molecule has 0 aliphatic heterocycles. The normalized spacial score (nSPS) is 9.75. The van der Waals surface area contributed by atoms with E-state index in [1.807, 2.05) is 20.8 Å². The number of carbonyl (C=O) groups excluding carboxylic acids is 2. The number of rotatable bonds is 4. The number of hydrogen-bond donors (Lipinski definition) is 1. The summed E-state index contributed by atoms with van der Waals surface area (Å²) >= 11 is 0. The molecular formula is C17H23N3O4. The number of aromatic nitrogens is 2. The van der Waals surface area contributed by atoms with Gasteiger partial charge in [0.2, 0.25) is 17.6 Å². The second-order valence-electron chi connectivity index (χ2n) is 4.72. The molecule has 24 heavy (non-hydrogen) atoms. The van der Waals surface area contributed by atoms with Crippen LogP contribution in [0.4, 0.5) is 5.82 Å². The highest BCUT2D eigenvalue weighted by Crippen LogP contribution is 2.27. The fraction of sp³-hybridized carbons (Fsp3) is 0.412. The van der Waals surface area contributed by atoms with E-state index in [9.17, 15) is 9.59 Å². The first kappa shape index (κ1) is 19.3. The quantitative estimate of drug-likeness (QED) is 0.860. The fourth-order valence-electron chi connectivity index (χ4n) is 1.90. The van der Waals surface area contributed by atoms with E-state index in [4.69, 9.17) is 9.15 Å². The predicted molar refractivity (Wildman–Crippen MR) is 90.8 cm³/mol. The van der Waals surface area contributed by atoms with Crippen molar-refractivity contribution in [3.8, 4) is 11.5 Å². The van der Waals surface area contributed by atoms with E-state index in [-0.39, 0.29) is 24.2 Å². The zero-order valence-electron chi connectivity index (χ0n) is 14.9. The molecule has 2 rings (SSSR count). The van der Waals surface area contributed by atoms with Crippen molar-refractivity contribution in [1.29, 1.82) is 0 Å². The van der Waals surface area contributed by atoms with Gasteiger partial charge in [0, 0.05) is 18.7 Å². The minimum absolute atomic E-state index is 0.0779. The highest BCUT2D eigenvalue weighted by molar-refractivity contribution is 5.89. The van der Waals surface area contributed by atoms with Gasteiger partial charge in [0.1, 0.15) is 5.82 Å². The van der Waals surface area contributed by atoms with Crippen LogP contribution in [0.3, 0.4) is 0 Å². The number of anilines is 1. The van der Waals surface area contributed by atoms with Gasteiger partial charge in [-0.1, -0.05) is 13.8 Å². The van der Waals surface area contributed by atoms with Crippen molar-refractivity contribution in [1.82, 2.24) is 9.97 Å². The number of oxazole rings is 1. The number of ether oxygens (including phenoxy) is 1. The molecule has 0 saturated carbocycles. The minimum atomic E-state index is -0.549. The van der Waals surface area contributed by atoms with E-state index >= 15 is 0 Å². The van der Waals surface area contributed by atoms with Crippen molar-refractivity contribution in [3.63, 3.8) is 0 Å². The van der Waals surface area contributed by atoms with Gasteiger partial charge in [-0.15, -0.1) is 0 Å². The number of esters is 1. The van der Waals surface area contributed by atoms with Crippen LogP contribution in [0.15, 0.2) is 16.7 Å². The lowest BCUT2D eigenvalue weighted by molar-refractivity contribution is -0.114. The van der Waals surface area contributed by atoms with Crippen molar-refractivity contribution < 1.29 is 18.7 Å². The highest BCUT2D eigenvalue weighted by Gasteiger charge is 2.20. The molecule has 0 bridgehead atoms. The Labute approximate surface area is 141 Å². The van der Waals surface area contributed by atoms with Crippen LogP contribution in [0.1, 0.15) is 49.5 Å². The molecule has 2 aromatic rings. The molecule has 0 aliphatic carbocycles. The van der Waals surface area contributed by atoms with Crippen molar-refractivity contribution in [2.45, 2.75) is 41.5 Å². The van der Waals surface area contributed by atoms with Gasteiger partial charge in [0.25, 0.3) is 0 Å². The lowest BCUT2D eigenvalue weighted by Gasteiger charge is -2.05. The average molecular weight is 333 g/mol. The Bertz CT molecular complexity index is 723. The van der Waals surface area contributed by atoms with Gasteiger partial charge in [-0.2, -0.15) is 0 Å². The number of carbonyl (C=O) groups is 2. The lowest BCUT2D eigenvalue weighted by atomic mass is 10.1. The van der Waals surface area contributed by atoms with Gasteiger partial charge >= 0.3 is 5.97 Å². The summed E-state index contributed by atoms with van der Waals surface area (Å²) in [5.41, 5.74) is 1.91. The molecule has 0 unspecified atom stereocenters. The van der Waals surface area contributed by atoms with E-state index in [1.54, 1.807) is 26.1 Å². The molecule has 0 spiro atoms. The molecule has 130 valence electrons. The Balaban J connectivity index is 0.00000139. The van der Waals surface area contributed by atoms with Gasteiger partial charge in [-0.25, -0.2) is 14.8 Å². The van der Waals surface area contributed by atoms with Crippen molar-refractivity contribution in [2.24, 2.45) is 0 Å². The number of pyridine rings is 1. The smallest absolute Gasteiger partial charge is 0.376 e. The van der Waals surface area contributed by atoms with E-state index in [1.165, 1.54) is 6.92 Å². The van der Waals surface area contributed by atoms with Crippen molar-refractivity contribution >= 4 is 17.7 Å². The fourth-order valence-corrected chi connectivity index (χ4v) is 1.90. The van der Waals surface area contributed by atoms with Crippen LogP contribution < -0.4 is 5.32 Å². The SMILES string of the molecule is CC.CCOC(=O)c1oc(-c2cc(NC(C)=O)ncc2C)nc1C. The summed E-state index contributed by atoms with van der Waals surface area (Å²) in [6.07, 6.45) is 1.60. The number of nitrogens with one attached hydrogen (secondary N) is 1. The van der Waals surface area contributed by atoms with Crippen LogP contribution in [0.5, 0.6) is 0 Å². The summed E-state index contributed by atoms with van der Waals surface area (Å²) in [6, 6.07) is 1.65. The largest absolute Gasteiger partial charge is 0.460 e. The van der Waals surface area contributed by atoms with Gasteiger partial charge in [-0.3, -0.25) is 4.79 Å². The summed E-state index contributed by atoms with van der Waals surface area (Å²) in [5, 5.41) is 2.60. The Kier molecular flexibility index (Phi) is 7.10. The Morgan fingerprint density at radius 3 is 2.54 bits per heavy atom. The van der Waals surface area contributed by atoms with Gasteiger partial charge in [0.15, 0.2) is 0 Å². The summed E-state index contributed by atoms with van der Waals surface area (Å²) in [4.78, 5) is 31.3. The minimum Gasteiger partial charge on any atom is -0.460 e. The number of hydrogen-bond acceptors (Lipinski definition) is 6. The molecule has 1 amide bonds. The van der Waals surface area contributed by atoms with E-state index in [2.05, 4.69) is 15.3 Å². The third-order valence-corrected chi connectivity index (χ3v) is 2.90. The average Bonchev–Trinajstić information content (AvgIpc) is 2.93. The molecule has 0 aliphatic rings. The molecule has 2 heterocycles. The highest BCUT2D eigenvalue weighted by atomic mass is 16.5. The maximum Gasteiger partial charge on any atom is 0.376 e. The zero-order chi connectivity index (χ0) is 18.3. The number of nitrogens with zero attached hydrogens (tertiary/aromatic N) is 2. The summed E-state index contributed by atoms with van der Waals surface area (Å²) in [5.74, 6) is -0.0199. The second kappa shape index (κ2) is 8.81. The summed E-state index contributed by atoms with van der Waals surface area (Å²) in [6.45, 7) is 10.9. The molecule has 7 heteroatoms. The molecule has 1 N–H and O–H groups in total. The Morgan fingerprint density at radius 2 is 1.96 bits per heavy atom. The number of aryl methyl sites for hydroxylation is 2. The standard InChI is InChI=1S/C15H17N3O4.C2H6/c1-5-21-15(20)13-9(3)17-14(22-13)11-6-12(18-10(4)19)16-7-8(11)2;1-2/h6-7H,5H2,1-4H3,(H,16,18,19);1-2H3. The maximum atomic E-state index is 11.8. The first-order chi connectivity index (χ1) is 11.4. The molecular weight excluding hydrogens is 310 g/mol. The van der Waals surface area contributed by atoms with E-state index < -0.39 is 5.97 Å². The summed E-state index contributed by atoms with van der Waals surface area (Å²) < 4.78 is 10.5. The monoisotopic (exact) mass is 333 g/mol. The van der Waals surface area contributed by atoms with Crippen molar-refractivity contribution in [3.05, 3.63) is 29.3 Å². The lowest BCUT2D eigenvalue weighted by Crippen LogP contribution is -2.07. The Morgan fingerprint density at radius 1 is 1.29 bits per heavy atom. The second-order valence-corrected chi connectivity index (χ2v) is 4.72. The van der Waals surface area contributed by atoms with Crippen LogP contribution in [-0.2, 0) is 9.53 Å². The topological polar surface area (TPSA) is 94.3 Å².